The first-order valence-electron chi connectivity index (χ1n) is 8.26. The number of anilines is 1. The molecule has 2 aromatic carbocycles. The van der Waals surface area contributed by atoms with Crippen LogP contribution in [0.1, 0.15) is 15.9 Å². The third kappa shape index (κ3) is 4.44. The molecular weight excluding hydrogens is 348 g/mol. The largest absolute Gasteiger partial charge is 0.383 e. The number of rotatable bonds is 7. The summed E-state index contributed by atoms with van der Waals surface area (Å²) in [4.78, 5) is 19.4. The molecule has 3 N–H and O–H groups in total. The number of nitrogens with zero attached hydrogens (tertiary/aromatic N) is 1. The SMILES string of the molecule is COCCNC(=O)c1ccc(CNc2nc(=S)[nH]c3ccccc23)cc1. The molecule has 0 spiro atoms. The number of aromatic amines is 1. The normalized spacial score (nSPS) is 10.7. The number of para-hydroxylation sites is 1. The number of carbonyl (C=O) groups is 1. The van der Waals surface area contributed by atoms with Crippen LogP contribution in [-0.2, 0) is 11.3 Å². The third-order valence-corrected chi connectivity index (χ3v) is 4.10. The molecular formula is C19H20N4O2S. The van der Waals surface area contributed by atoms with Gasteiger partial charge in [-0.1, -0.05) is 24.3 Å². The van der Waals surface area contributed by atoms with E-state index in [0.29, 0.717) is 30.0 Å². The minimum absolute atomic E-state index is 0.108. The summed E-state index contributed by atoms with van der Waals surface area (Å²) >= 11 is 5.19. The molecule has 0 radical (unpaired) electrons. The van der Waals surface area contributed by atoms with Crippen molar-refractivity contribution < 1.29 is 9.53 Å². The van der Waals surface area contributed by atoms with Crippen molar-refractivity contribution >= 4 is 34.8 Å². The molecule has 7 heteroatoms. The highest BCUT2D eigenvalue weighted by Gasteiger charge is 2.06. The van der Waals surface area contributed by atoms with E-state index < -0.39 is 0 Å². The first-order chi connectivity index (χ1) is 12.7. The van der Waals surface area contributed by atoms with E-state index in [9.17, 15) is 4.79 Å². The number of hydrogen-bond acceptors (Lipinski definition) is 5. The Morgan fingerprint density at radius 2 is 1.96 bits per heavy atom. The van der Waals surface area contributed by atoms with Gasteiger partial charge in [-0.2, -0.15) is 0 Å². The van der Waals surface area contributed by atoms with Crippen LogP contribution < -0.4 is 10.6 Å². The average molecular weight is 368 g/mol. The van der Waals surface area contributed by atoms with Crippen molar-refractivity contribution in [2.45, 2.75) is 6.54 Å². The molecule has 6 nitrogen and oxygen atoms in total. The molecule has 1 amide bonds. The third-order valence-electron chi connectivity index (χ3n) is 3.90. The molecule has 26 heavy (non-hydrogen) atoms. The zero-order chi connectivity index (χ0) is 18.4. The fourth-order valence-electron chi connectivity index (χ4n) is 2.57. The lowest BCUT2D eigenvalue weighted by Gasteiger charge is -2.10. The van der Waals surface area contributed by atoms with Crippen molar-refractivity contribution in [3.8, 4) is 0 Å². The number of H-pyrrole nitrogens is 1. The number of ether oxygens (including phenoxy) is 1. The highest BCUT2D eigenvalue weighted by atomic mass is 32.1. The zero-order valence-corrected chi connectivity index (χ0v) is 15.2. The molecule has 1 heterocycles. The first-order valence-corrected chi connectivity index (χ1v) is 8.67. The number of aromatic nitrogens is 2. The minimum Gasteiger partial charge on any atom is -0.383 e. The highest BCUT2D eigenvalue weighted by molar-refractivity contribution is 7.71. The van der Waals surface area contributed by atoms with Gasteiger partial charge in [0.1, 0.15) is 5.82 Å². The summed E-state index contributed by atoms with van der Waals surface area (Å²) in [6.07, 6.45) is 0. The fraction of sp³-hybridized carbons (Fsp3) is 0.211. The Kier molecular flexibility index (Phi) is 5.93. The Bertz CT molecular complexity index is 954. The zero-order valence-electron chi connectivity index (χ0n) is 14.4. The van der Waals surface area contributed by atoms with E-state index in [-0.39, 0.29) is 5.91 Å². The van der Waals surface area contributed by atoms with Crippen molar-refractivity contribution in [2.24, 2.45) is 0 Å². The number of hydrogen-bond donors (Lipinski definition) is 3. The van der Waals surface area contributed by atoms with E-state index in [0.717, 1.165) is 22.3 Å². The smallest absolute Gasteiger partial charge is 0.251 e. The van der Waals surface area contributed by atoms with E-state index in [4.69, 9.17) is 17.0 Å². The fourth-order valence-corrected chi connectivity index (χ4v) is 2.77. The van der Waals surface area contributed by atoms with Crippen molar-refractivity contribution in [1.82, 2.24) is 15.3 Å². The Balaban J connectivity index is 1.67. The quantitative estimate of drug-likeness (QED) is 0.441. The number of carbonyl (C=O) groups excluding carboxylic acids is 1. The maximum Gasteiger partial charge on any atom is 0.251 e. The Morgan fingerprint density at radius 1 is 1.19 bits per heavy atom. The number of fused-ring (bicyclic) bond motifs is 1. The van der Waals surface area contributed by atoms with Gasteiger partial charge in [-0.05, 0) is 42.0 Å². The lowest BCUT2D eigenvalue weighted by molar-refractivity contribution is 0.0937. The number of benzene rings is 2. The van der Waals surface area contributed by atoms with Crippen molar-refractivity contribution in [1.29, 1.82) is 0 Å². The molecule has 3 rings (SSSR count). The summed E-state index contributed by atoms with van der Waals surface area (Å²) in [5.74, 6) is 0.634. The maximum atomic E-state index is 12.0. The second kappa shape index (κ2) is 8.55. The highest BCUT2D eigenvalue weighted by Crippen LogP contribution is 2.19. The van der Waals surface area contributed by atoms with Gasteiger partial charge in [0.05, 0.1) is 12.1 Å². The van der Waals surface area contributed by atoms with Gasteiger partial charge < -0.3 is 20.4 Å². The standard InChI is InChI=1S/C19H20N4O2S/c1-25-11-10-20-18(24)14-8-6-13(7-9-14)12-21-17-15-4-2-3-5-16(15)22-19(26)23-17/h2-9H,10-12H2,1H3,(H,20,24)(H2,21,22,23,26). The van der Waals surface area contributed by atoms with Crippen LogP contribution in [-0.4, -0.2) is 36.1 Å². The summed E-state index contributed by atoms with van der Waals surface area (Å²) < 4.78 is 5.36. The molecule has 0 saturated heterocycles. The molecule has 3 aromatic rings. The predicted molar refractivity (Wildman–Crippen MR) is 105 cm³/mol. The van der Waals surface area contributed by atoms with Gasteiger partial charge in [0.15, 0.2) is 4.77 Å². The molecule has 0 unspecified atom stereocenters. The molecule has 0 fully saturated rings. The minimum atomic E-state index is -0.108. The van der Waals surface area contributed by atoms with Crippen LogP contribution in [0.4, 0.5) is 5.82 Å². The lowest BCUT2D eigenvalue weighted by Crippen LogP contribution is -2.26. The summed E-state index contributed by atoms with van der Waals surface area (Å²) in [5.41, 5.74) is 2.61. The molecule has 0 aliphatic heterocycles. The monoisotopic (exact) mass is 368 g/mol. The topological polar surface area (TPSA) is 79.0 Å². The second-order valence-corrected chi connectivity index (χ2v) is 6.12. The van der Waals surface area contributed by atoms with Gasteiger partial charge in [-0.25, -0.2) is 4.98 Å². The molecule has 0 saturated carbocycles. The van der Waals surface area contributed by atoms with Crippen LogP contribution in [0, 0.1) is 4.77 Å². The van der Waals surface area contributed by atoms with Crippen molar-refractivity contribution in [2.75, 3.05) is 25.6 Å². The molecule has 0 aliphatic carbocycles. The van der Waals surface area contributed by atoms with Gasteiger partial charge in [-0.3, -0.25) is 4.79 Å². The maximum absolute atomic E-state index is 12.0. The van der Waals surface area contributed by atoms with E-state index in [2.05, 4.69) is 20.6 Å². The van der Waals surface area contributed by atoms with Gasteiger partial charge >= 0.3 is 0 Å². The molecule has 0 aliphatic rings. The predicted octanol–water partition coefficient (Wildman–Crippen LogP) is 3.28. The van der Waals surface area contributed by atoms with Crippen LogP contribution in [0.15, 0.2) is 48.5 Å². The molecule has 0 atom stereocenters. The Morgan fingerprint density at radius 3 is 2.73 bits per heavy atom. The van der Waals surface area contributed by atoms with Crippen LogP contribution in [0.3, 0.4) is 0 Å². The summed E-state index contributed by atoms with van der Waals surface area (Å²) in [6.45, 7) is 1.57. The molecule has 0 bridgehead atoms. The van der Waals surface area contributed by atoms with Gasteiger partial charge in [0, 0.05) is 31.1 Å². The van der Waals surface area contributed by atoms with E-state index in [1.165, 1.54) is 0 Å². The van der Waals surface area contributed by atoms with Crippen LogP contribution >= 0.6 is 12.2 Å². The van der Waals surface area contributed by atoms with Crippen LogP contribution in [0.2, 0.25) is 0 Å². The van der Waals surface area contributed by atoms with Crippen LogP contribution in [0.5, 0.6) is 0 Å². The van der Waals surface area contributed by atoms with Crippen molar-refractivity contribution in [3.05, 3.63) is 64.4 Å². The van der Waals surface area contributed by atoms with Crippen molar-refractivity contribution in [3.63, 3.8) is 0 Å². The van der Waals surface area contributed by atoms with Gasteiger partial charge in [0.2, 0.25) is 0 Å². The summed E-state index contributed by atoms with van der Waals surface area (Å²) in [5, 5.41) is 7.10. The number of amides is 1. The number of methoxy groups -OCH3 is 1. The lowest BCUT2D eigenvalue weighted by atomic mass is 10.1. The number of nitrogens with one attached hydrogen (secondary N) is 3. The Hall–Kier alpha value is -2.77. The molecule has 1 aromatic heterocycles. The van der Waals surface area contributed by atoms with Crippen LogP contribution in [0.25, 0.3) is 10.9 Å². The van der Waals surface area contributed by atoms with Gasteiger partial charge in [0.25, 0.3) is 5.91 Å². The van der Waals surface area contributed by atoms with E-state index in [1.54, 1.807) is 7.11 Å². The second-order valence-electron chi connectivity index (χ2n) is 5.74. The van der Waals surface area contributed by atoms with E-state index in [1.807, 2.05) is 48.5 Å². The molecule has 134 valence electrons. The summed E-state index contributed by atoms with van der Waals surface area (Å²) in [7, 11) is 1.60. The van der Waals surface area contributed by atoms with E-state index >= 15 is 0 Å². The Labute approximate surface area is 156 Å². The summed E-state index contributed by atoms with van der Waals surface area (Å²) in [6, 6.07) is 15.3. The average Bonchev–Trinajstić information content (AvgIpc) is 2.66. The first kappa shape index (κ1) is 18.0. The van der Waals surface area contributed by atoms with Gasteiger partial charge in [-0.15, -0.1) is 0 Å².